The van der Waals surface area contributed by atoms with Crippen LogP contribution >= 0.6 is 0 Å². The Bertz CT molecular complexity index is 1170. The van der Waals surface area contributed by atoms with Crippen LogP contribution < -0.4 is 5.32 Å². The molecule has 0 radical (unpaired) electrons. The van der Waals surface area contributed by atoms with E-state index in [9.17, 15) is 30.8 Å². The van der Waals surface area contributed by atoms with Crippen LogP contribution in [0.5, 0.6) is 0 Å². The summed E-state index contributed by atoms with van der Waals surface area (Å²) in [6.45, 7) is 1.39. The van der Waals surface area contributed by atoms with Crippen molar-refractivity contribution in [1.29, 1.82) is 5.26 Å². The summed E-state index contributed by atoms with van der Waals surface area (Å²) in [4.78, 5) is 11.7. The SMILES string of the molecule is Cn1cc(S(=O)(=O)CC2(C)CC(F)(F)C2)c(F)c1C(=O)Nc1ccc(F)c(C#N)c1. The maximum absolute atomic E-state index is 14.9. The molecule has 11 heteroatoms. The number of sulfone groups is 1. The van der Waals surface area contributed by atoms with Gasteiger partial charge < -0.3 is 9.88 Å². The molecule has 1 aliphatic carbocycles. The highest BCUT2D eigenvalue weighted by atomic mass is 32.2. The van der Waals surface area contributed by atoms with Gasteiger partial charge in [-0.25, -0.2) is 26.0 Å². The van der Waals surface area contributed by atoms with E-state index in [-0.39, 0.29) is 11.3 Å². The Balaban J connectivity index is 1.87. The number of hydrogen-bond acceptors (Lipinski definition) is 4. The van der Waals surface area contributed by atoms with Crippen LogP contribution in [-0.2, 0) is 16.9 Å². The molecule has 0 atom stereocenters. The fourth-order valence-electron chi connectivity index (χ4n) is 3.76. The minimum Gasteiger partial charge on any atom is -0.343 e. The number of carbonyl (C=O) groups excluding carboxylic acids is 1. The van der Waals surface area contributed by atoms with Gasteiger partial charge in [-0.2, -0.15) is 5.26 Å². The predicted molar refractivity (Wildman–Crippen MR) is 98.8 cm³/mol. The minimum atomic E-state index is -4.29. The fourth-order valence-corrected chi connectivity index (χ4v) is 5.73. The Morgan fingerprint density at radius 3 is 2.50 bits per heavy atom. The van der Waals surface area contributed by atoms with Crippen LogP contribution in [0.3, 0.4) is 0 Å². The van der Waals surface area contributed by atoms with E-state index < -0.39 is 67.9 Å². The van der Waals surface area contributed by atoms with Crippen molar-refractivity contribution in [2.24, 2.45) is 12.5 Å². The molecule has 1 heterocycles. The molecule has 2 aromatic rings. The first-order valence-corrected chi connectivity index (χ1v) is 10.4. The van der Waals surface area contributed by atoms with Crippen LogP contribution in [0.15, 0.2) is 29.3 Å². The summed E-state index contributed by atoms with van der Waals surface area (Å²) in [6, 6.07) is 4.74. The van der Waals surface area contributed by atoms with Crippen LogP contribution in [0.2, 0.25) is 0 Å². The summed E-state index contributed by atoms with van der Waals surface area (Å²) in [7, 11) is -3.03. The van der Waals surface area contributed by atoms with Gasteiger partial charge in [0.15, 0.2) is 15.7 Å². The molecule has 0 spiro atoms. The van der Waals surface area contributed by atoms with Crippen molar-refractivity contribution in [2.75, 3.05) is 11.1 Å². The molecule has 160 valence electrons. The molecule has 0 aliphatic heterocycles. The number of halogens is 4. The lowest BCUT2D eigenvalue weighted by Crippen LogP contribution is -2.47. The van der Waals surface area contributed by atoms with Gasteiger partial charge in [0.25, 0.3) is 5.91 Å². The molecule has 1 aromatic carbocycles. The third-order valence-electron chi connectivity index (χ3n) is 4.89. The highest BCUT2D eigenvalue weighted by Crippen LogP contribution is 2.52. The lowest BCUT2D eigenvalue weighted by molar-refractivity contribution is -0.144. The third-order valence-corrected chi connectivity index (χ3v) is 6.92. The van der Waals surface area contributed by atoms with Gasteiger partial charge in [-0.15, -0.1) is 0 Å². The van der Waals surface area contributed by atoms with Crippen LogP contribution in [0.25, 0.3) is 0 Å². The smallest absolute Gasteiger partial charge is 0.275 e. The van der Waals surface area contributed by atoms with E-state index in [0.29, 0.717) is 0 Å². The number of hydrogen-bond donors (Lipinski definition) is 1. The van der Waals surface area contributed by atoms with Crippen molar-refractivity contribution >= 4 is 21.4 Å². The van der Waals surface area contributed by atoms with E-state index >= 15 is 0 Å². The summed E-state index contributed by atoms with van der Waals surface area (Å²) in [6.07, 6.45) is -0.329. The van der Waals surface area contributed by atoms with Gasteiger partial charge in [0, 0.05) is 31.8 Å². The molecule has 1 saturated carbocycles. The number of rotatable bonds is 5. The number of carbonyl (C=O) groups is 1. The summed E-state index contributed by atoms with van der Waals surface area (Å²) in [5, 5.41) is 11.1. The summed E-state index contributed by atoms with van der Waals surface area (Å²) in [5.74, 6) is -6.76. The van der Waals surface area contributed by atoms with Crippen molar-refractivity contribution in [3.8, 4) is 6.07 Å². The Hall–Kier alpha value is -2.87. The number of anilines is 1. The average molecular weight is 443 g/mol. The van der Waals surface area contributed by atoms with Crippen LogP contribution in [0.1, 0.15) is 35.8 Å². The molecule has 1 aliphatic rings. The van der Waals surface area contributed by atoms with Gasteiger partial charge in [0.1, 0.15) is 22.5 Å². The first-order valence-electron chi connectivity index (χ1n) is 8.73. The lowest BCUT2D eigenvalue weighted by Gasteiger charge is -2.44. The molecule has 1 N–H and O–H groups in total. The maximum Gasteiger partial charge on any atom is 0.275 e. The lowest BCUT2D eigenvalue weighted by atomic mass is 9.69. The third kappa shape index (κ3) is 4.05. The van der Waals surface area contributed by atoms with E-state index in [0.717, 1.165) is 29.0 Å². The molecule has 1 amide bonds. The molecule has 0 unspecified atom stereocenters. The van der Waals surface area contributed by atoms with Crippen LogP contribution in [-0.4, -0.2) is 30.6 Å². The number of benzene rings is 1. The molecule has 1 fully saturated rings. The Morgan fingerprint density at radius 2 is 1.93 bits per heavy atom. The van der Waals surface area contributed by atoms with Crippen molar-refractivity contribution < 1.29 is 30.8 Å². The molecule has 0 saturated heterocycles. The van der Waals surface area contributed by atoms with Gasteiger partial charge >= 0.3 is 0 Å². The highest BCUT2D eigenvalue weighted by Gasteiger charge is 2.55. The standard InChI is InChI=1S/C19H17F4N3O3S/c1-18(8-19(22,23)9-18)10-30(28,29)14-7-26(2)16(15(14)21)17(27)25-12-3-4-13(20)11(5-12)6-24/h3-5,7H,8-10H2,1-2H3,(H,25,27). The van der Waals surface area contributed by atoms with E-state index in [1.807, 2.05) is 0 Å². The van der Waals surface area contributed by atoms with E-state index in [1.54, 1.807) is 6.07 Å². The number of nitrogens with zero attached hydrogens (tertiary/aromatic N) is 2. The van der Waals surface area contributed by atoms with E-state index in [2.05, 4.69) is 5.32 Å². The van der Waals surface area contributed by atoms with Gasteiger partial charge in [-0.05, 0) is 23.6 Å². The number of amides is 1. The highest BCUT2D eigenvalue weighted by molar-refractivity contribution is 7.91. The number of nitriles is 1. The molecule has 30 heavy (non-hydrogen) atoms. The Labute approximate surface area is 170 Å². The number of aromatic nitrogens is 1. The summed E-state index contributed by atoms with van der Waals surface area (Å²) >= 11 is 0. The zero-order valence-electron chi connectivity index (χ0n) is 16.0. The first kappa shape index (κ1) is 21.8. The van der Waals surface area contributed by atoms with E-state index in [1.165, 1.54) is 14.0 Å². The molecular formula is C19H17F4N3O3S. The maximum atomic E-state index is 14.9. The van der Waals surface area contributed by atoms with Gasteiger partial charge in [-0.1, -0.05) is 6.92 Å². The van der Waals surface area contributed by atoms with Gasteiger partial charge in [0.2, 0.25) is 5.92 Å². The Kier molecular flexibility index (Phi) is 5.18. The zero-order valence-corrected chi connectivity index (χ0v) is 16.8. The molecular weight excluding hydrogens is 426 g/mol. The molecule has 1 aromatic heterocycles. The number of nitrogens with one attached hydrogen (secondary N) is 1. The molecule has 0 bridgehead atoms. The first-order chi connectivity index (χ1) is 13.8. The Morgan fingerprint density at radius 1 is 1.30 bits per heavy atom. The van der Waals surface area contributed by atoms with E-state index in [4.69, 9.17) is 5.26 Å². The van der Waals surface area contributed by atoms with Gasteiger partial charge in [0.05, 0.1) is 11.3 Å². The quantitative estimate of drug-likeness (QED) is 0.715. The second kappa shape index (κ2) is 7.12. The van der Waals surface area contributed by atoms with Crippen molar-refractivity contribution in [1.82, 2.24) is 4.57 Å². The zero-order chi connectivity index (χ0) is 22.5. The van der Waals surface area contributed by atoms with Crippen molar-refractivity contribution in [3.05, 3.63) is 47.3 Å². The topological polar surface area (TPSA) is 92.0 Å². The largest absolute Gasteiger partial charge is 0.343 e. The second-order valence-corrected chi connectivity index (χ2v) is 9.76. The van der Waals surface area contributed by atoms with Crippen molar-refractivity contribution in [3.63, 3.8) is 0 Å². The number of alkyl halides is 2. The number of aryl methyl sites for hydroxylation is 1. The summed E-state index contributed by atoms with van der Waals surface area (Å²) in [5.41, 5.74) is -2.13. The predicted octanol–water partition coefficient (Wildman–Crippen LogP) is 3.64. The minimum absolute atomic E-state index is 0.00664. The van der Waals surface area contributed by atoms with Crippen LogP contribution in [0, 0.1) is 28.4 Å². The molecule has 6 nitrogen and oxygen atoms in total. The summed E-state index contributed by atoms with van der Waals surface area (Å²) < 4.78 is 80.9. The van der Waals surface area contributed by atoms with Gasteiger partial charge in [-0.3, -0.25) is 4.79 Å². The van der Waals surface area contributed by atoms with Crippen molar-refractivity contribution in [2.45, 2.75) is 30.6 Å². The average Bonchev–Trinajstić information content (AvgIpc) is 2.89. The monoisotopic (exact) mass is 443 g/mol. The molecule has 3 rings (SSSR count). The van der Waals surface area contributed by atoms with Crippen LogP contribution in [0.4, 0.5) is 23.2 Å². The normalized spacial score (nSPS) is 17.1. The second-order valence-electron chi connectivity index (χ2n) is 7.81. The fraction of sp³-hybridized carbons (Fsp3) is 0.368.